The molecule has 0 saturated heterocycles. The second-order valence-electron chi connectivity index (χ2n) is 4.70. The quantitative estimate of drug-likeness (QED) is 0.786. The first kappa shape index (κ1) is 16.0. The smallest absolute Gasteiger partial charge is 0.261 e. The van der Waals surface area contributed by atoms with Crippen molar-refractivity contribution in [1.29, 1.82) is 0 Å². The van der Waals surface area contributed by atoms with Gasteiger partial charge in [-0.15, -0.1) is 0 Å². The molecule has 19 heavy (non-hydrogen) atoms. The molecule has 0 bridgehead atoms. The van der Waals surface area contributed by atoms with Crippen molar-refractivity contribution in [3.05, 3.63) is 29.8 Å². The first-order chi connectivity index (χ1) is 8.75. The number of carbonyl (C=O) groups is 1. The number of halogens is 1. The zero-order chi connectivity index (χ0) is 14.6. The van der Waals surface area contributed by atoms with Crippen molar-refractivity contribution in [3.8, 4) is 0 Å². The molecule has 0 aromatic heterocycles. The molecule has 0 atom stereocenters. The highest BCUT2D eigenvalue weighted by Crippen LogP contribution is 2.16. The van der Waals surface area contributed by atoms with Crippen molar-refractivity contribution in [2.24, 2.45) is 5.92 Å². The second kappa shape index (κ2) is 6.39. The van der Waals surface area contributed by atoms with Crippen molar-refractivity contribution < 1.29 is 13.2 Å². The van der Waals surface area contributed by atoms with E-state index in [1.54, 1.807) is 4.90 Å². The van der Waals surface area contributed by atoms with Gasteiger partial charge in [-0.2, -0.15) is 0 Å². The van der Waals surface area contributed by atoms with Gasteiger partial charge in [0.05, 0.1) is 4.90 Å². The van der Waals surface area contributed by atoms with Crippen molar-refractivity contribution in [3.63, 3.8) is 0 Å². The van der Waals surface area contributed by atoms with E-state index in [1.807, 2.05) is 20.8 Å². The summed E-state index contributed by atoms with van der Waals surface area (Å²) in [4.78, 5) is 13.9. The van der Waals surface area contributed by atoms with Crippen LogP contribution in [0, 0.1) is 5.92 Å². The van der Waals surface area contributed by atoms with E-state index in [-0.39, 0.29) is 10.8 Å². The normalized spacial score (nSPS) is 11.6. The maximum atomic E-state index is 12.2. The molecule has 0 aliphatic carbocycles. The van der Waals surface area contributed by atoms with Crippen LogP contribution in [0.1, 0.15) is 31.1 Å². The number of hydrogen-bond donors (Lipinski definition) is 0. The van der Waals surface area contributed by atoms with Crippen LogP contribution < -0.4 is 0 Å². The monoisotopic (exact) mass is 303 g/mol. The van der Waals surface area contributed by atoms with Gasteiger partial charge in [0, 0.05) is 29.3 Å². The standard InChI is InChI=1S/C13H18ClNO3S/c1-4-15(9-10(2)3)13(16)11-5-7-12(8-6-11)19(14,17)18/h5-8,10H,4,9H2,1-3H3. The van der Waals surface area contributed by atoms with Crippen LogP contribution in [0.25, 0.3) is 0 Å². The van der Waals surface area contributed by atoms with Gasteiger partial charge in [0.2, 0.25) is 0 Å². The molecule has 1 amide bonds. The number of nitrogens with zero attached hydrogens (tertiary/aromatic N) is 1. The van der Waals surface area contributed by atoms with E-state index < -0.39 is 9.05 Å². The Labute approximate surface area is 118 Å². The molecule has 0 heterocycles. The van der Waals surface area contributed by atoms with Gasteiger partial charge in [0.1, 0.15) is 0 Å². The molecule has 0 unspecified atom stereocenters. The Bertz CT molecular complexity index is 538. The van der Waals surface area contributed by atoms with Crippen LogP contribution >= 0.6 is 10.7 Å². The topological polar surface area (TPSA) is 54.5 Å². The van der Waals surface area contributed by atoms with E-state index in [0.717, 1.165) is 0 Å². The molecule has 0 fully saturated rings. The highest BCUT2D eigenvalue weighted by Gasteiger charge is 2.16. The third-order valence-electron chi connectivity index (χ3n) is 2.64. The minimum absolute atomic E-state index is 0.00220. The molecular formula is C13H18ClNO3S. The summed E-state index contributed by atoms with van der Waals surface area (Å²) >= 11 is 0. The van der Waals surface area contributed by atoms with Gasteiger partial charge in [-0.3, -0.25) is 4.79 Å². The van der Waals surface area contributed by atoms with E-state index in [1.165, 1.54) is 24.3 Å². The zero-order valence-corrected chi connectivity index (χ0v) is 12.8. The first-order valence-electron chi connectivity index (χ1n) is 6.09. The van der Waals surface area contributed by atoms with Crippen molar-refractivity contribution in [2.75, 3.05) is 13.1 Å². The van der Waals surface area contributed by atoms with E-state index in [9.17, 15) is 13.2 Å². The van der Waals surface area contributed by atoms with Gasteiger partial charge in [-0.25, -0.2) is 8.42 Å². The van der Waals surface area contributed by atoms with Crippen LogP contribution in [0.5, 0.6) is 0 Å². The van der Waals surface area contributed by atoms with Gasteiger partial charge in [0.25, 0.3) is 15.0 Å². The maximum Gasteiger partial charge on any atom is 0.261 e. The Morgan fingerprint density at radius 1 is 1.26 bits per heavy atom. The highest BCUT2D eigenvalue weighted by molar-refractivity contribution is 8.13. The lowest BCUT2D eigenvalue weighted by atomic mass is 10.1. The largest absolute Gasteiger partial charge is 0.339 e. The predicted octanol–water partition coefficient (Wildman–Crippen LogP) is 2.73. The van der Waals surface area contributed by atoms with Crippen molar-refractivity contribution >= 4 is 25.6 Å². The second-order valence-corrected chi connectivity index (χ2v) is 7.27. The third kappa shape index (κ3) is 4.51. The SMILES string of the molecule is CCN(CC(C)C)C(=O)c1ccc(S(=O)(=O)Cl)cc1. The summed E-state index contributed by atoms with van der Waals surface area (Å²) in [5.41, 5.74) is 0.464. The summed E-state index contributed by atoms with van der Waals surface area (Å²) in [6, 6.07) is 5.67. The first-order valence-corrected chi connectivity index (χ1v) is 8.40. The molecular weight excluding hydrogens is 286 g/mol. The van der Waals surface area contributed by atoms with Gasteiger partial charge < -0.3 is 4.90 Å². The van der Waals surface area contributed by atoms with E-state index in [4.69, 9.17) is 10.7 Å². The fourth-order valence-corrected chi connectivity index (χ4v) is 2.51. The number of benzene rings is 1. The summed E-state index contributed by atoms with van der Waals surface area (Å²) in [6.07, 6.45) is 0. The molecule has 6 heteroatoms. The fraction of sp³-hybridized carbons (Fsp3) is 0.462. The highest BCUT2D eigenvalue weighted by atomic mass is 35.7. The molecule has 1 aromatic carbocycles. The molecule has 0 saturated carbocycles. The molecule has 0 radical (unpaired) electrons. The summed E-state index contributed by atoms with van der Waals surface area (Å²) in [5, 5.41) is 0. The van der Waals surface area contributed by atoms with E-state index in [0.29, 0.717) is 24.6 Å². The lowest BCUT2D eigenvalue weighted by Gasteiger charge is -2.23. The Balaban J connectivity index is 2.94. The number of amides is 1. The van der Waals surface area contributed by atoms with Crippen LogP contribution in [0.4, 0.5) is 0 Å². The summed E-state index contributed by atoms with van der Waals surface area (Å²) in [7, 11) is 1.48. The summed E-state index contributed by atoms with van der Waals surface area (Å²) < 4.78 is 22.2. The van der Waals surface area contributed by atoms with Gasteiger partial charge in [-0.05, 0) is 37.1 Å². The van der Waals surface area contributed by atoms with Gasteiger partial charge in [0.15, 0.2) is 0 Å². The van der Waals surface area contributed by atoms with Crippen LogP contribution in [0.15, 0.2) is 29.2 Å². The fourth-order valence-electron chi connectivity index (χ4n) is 1.74. The minimum Gasteiger partial charge on any atom is -0.339 e. The lowest BCUT2D eigenvalue weighted by Crippen LogP contribution is -2.33. The molecule has 0 aliphatic heterocycles. The van der Waals surface area contributed by atoms with Gasteiger partial charge >= 0.3 is 0 Å². The Hall–Kier alpha value is -1.07. The van der Waals surface area contributed by atoms with Crippen molar-refractivity contribution in [2.45, 2.75) is 25.7 Å². The Kier molecular flexibility index (Phi) is 5.38. The minimum atomic E-state index is -3.74. The lowest BCUT2D eigenvalue weighted by molar-refractivity contribution is 0.0745. The van der Waals surface area contributed by atoms with E-state index >= 15 is 0 Å². The van der Waals surface area contributed by atoms with Gasteiger partial charge in [-0.1, -0.05) is 13.8 Å². The van der Waals surface area contributed by atoms with E-state index in [2.05, 4.69) is 0 Å². The molecule has 0 aliphatic rings. The summed E-state index contributed by atoms with van der Waals surface area (Å²) in [5.74, 6) is 0.279. The Morgan fingerprint density at radius 3 is 2.16 bits per heavy atom. The average molecular weight is 304 g/mol. The van der Waals surface area contributed by atoms with Crippen LogP contribution in [-0.4, -0.2) is 32.3 Å². The summed E-state index contributed by atoms with van der Waals surface area (Å²) in [6.45, 7) is 7.29. The number of hydrogen-bond acceptors (Lipinski definition) is 3. The molecule has 0 spiro atoms. The third-order valence-corrected chi connectivity index (χ3v) is 4.01. The Morgan fingerprint density at radius 2 is 1.79 bits per heavy atom. The van der Waals surface area contributed by atoms with Crippen LogP contribution in [-0.2, 0) is 9.05 Å². The zero-order valence-electron chi connectivity index (χ0n) is 11.3. The number of carbonyl (C=O) groups excluding carboxylic acids is 1. The van der Waals surface area contributed by atoms with Crippen molar-refractivity contribution in [1.82, 2.24) is 4.90 Å². The molecule has 1 rings (SSSR count). The maximum absolute atomic E-state index is 12.2. The average Bonchev–Trinajstić information content (AvgIpc) is 2.34. The predicted molar refractivity (Wildman–Crippen MR) is 75.9 cm³/mol. The van der Waals surface area contributed by atoms with Crippen LogP contribution in [0.2, 0.25) is 0 Å². The molecule has 106 valence electrons. The number of rotatable bonds is 5. The molecule has 1 aromatic rings. The molecule has 4 nitrogen and oxygen atoms in total. The van der Waals surface area contributed by atoms with Crippen LogP contribution in [0.3, 0.4) is 0 Å². The molecule has 0 N–H and O–H groups in total.